The van der Waals surface area contributed by atoms with E-state index in [-0.39, 0.29) is 36.8 Å². The van der Waals surface area contributed by atoms with E-state index in [1.807, 2.05) is 19.0 Å². The number of carbonyl (C=O) groups is 1. The topological polar surface area (TPSA) is 40.5 Å². The first-order valence-electron chi connectivity index (χ1n) is 4.52. The van der Waals surface area contributed by atoms with E-state index in [9.17, 15) is 4.79 Å². The van der Waals surface area contributed by atoms with Gasteiger partial charge < -0.3 is 10.0 Å². The lowest BCUT2D eigenvalue weighted by molar-refractivity contribution is -0.145. The van der Waals surface area contributed by atoms with Crippen LogP contribution in [0.1, 0.15) is 25.7 Å². The molecule has 0 saturated heterocycles. The van der Waals surface area contributed by atoms with Gasteiger partial charge in [0.15, 0.2) is 0 Å². The third kappa shape index (κ3) is 4.03. The van der Waals surface area contributed by atoms with Gasteiger partial charge >= 0.3 is 5.97 Å². The number of hydrogen-bond donors (Lipinski definition) is 1. The molecule has 3 nitrogen and oxygen atoms in total. The van der Waals surface area contributed by atoms with Crippen molar-refractivity contribution < 1.29 is 9.90 Å². The molecule has 0 bridgehead atoms. The molecule has 2 atom stereocenters. The lowest BCUT2D eigenvalue weighted by atomic mass is 9.84. The minimum atomic E-state index is -0.631. The van der Waals surface area contributed by atoms with Crippen LogP contribution in [-0.4, -0.2) is 36.1 Å². The maximum atomic E-state index is 10.8. The molecule has 0 heterocycles. The first-order chi connectivity index (χ1) is 5.63. The van der Waals surface area contributed by atoms with Gasteiger partial charge in [0.25, 0.3) is 0 Å². The second-order valence-corrected chi connectivity index (χ2v) is 3.76. The van der Waals surface area contributed by atoms with Crippen molar-refractivity contribution in [3.8, 4) is 0 Å². The minimum absolute atomic E-state index is 0. The second-order valence-electron chi connectivity index (χ2n) is 3.76. The Morgan fingerprint density at radius 1 is 1.21 bits per heavy atom. The molecule has 86 valence electrons. The Balaban J connectivity index is 0. The average molecular weight is 244 g/mol. The number of carboxylic acids is 1. The number of hydrogen-bond acceptors (Lipinski definition) is 2. The van der Waals surface area contributed by atoms with Gasteiger partial charge in [0.1, 0.15) is 0 Å². The zero-order chi connectivity index (χ0) is 9.14. The van der Waals surface area contributed by atoms with Gasteiger partial charge in [-0.15, -0.1) is 24.8 Å². The van der Waals surface area contributed by atoms with Crippen LogP contribution in [0.2, 0.25) is 0 Å². The van der Waals surface area contributed by atoms with Crippen molar-refractivity contribution in [1.29, 1.82) is 0 Å². The fourth-order valence-electron chi connectivity index (χ4n) is 2.02. The molecule has 1 fully saturated rings. The summed E-state index contributed by atoms with van der Waals surface area (Å²) in [6.45, 7) is 0. The summed E-state index contributed by atoms with van der Waals surface area (Å²) in [5.41, 5.74) is 0. The molecule has 1 N–H and O–H groups in total. The molecule has 1 aliphatic rings. The van der Waals surface area contributed by atoms with E-state index in [0.29, 0.717) is 0 Å². The van der Waals surface area contributed by atoms with E-state index >= 15 is 0 Å². The number of carboxylic acid groups (broad SMARTS) is 1. The molecular weight excluding hydrogens is 225 g/mol. The summed E-state index contributed by atoms with van der Waals surface area (Å²) in [4.78, 5) is 12.9. The fourth-order valence-corrected chi connectivity index (χ4v) is 2.02. The standard InChI is InChI=1S/C9H17NO2.2ClH/c1-10(2)8-6-4-3-5-7(8)9(11)12;;/h7-8H,3-6H2,1-2H3,(H,11,12);2*1H. The Morgan fingerprint density at radius 2 is 1.71 bits per heavy atom. The van der Waals surface area contributed by atoms with Gasteiger partial charge in [-0.2, -0.15) is 0 Å². The van der Waals surface area contributed by atoms with Gasteiger partial charge in [0, 0.05) is 6.04 Å². The molecule has 0 aliphatic heterocycles. The summed E-state index contributed by atoms with van der Waals surface area (Å²) in [7, 11) is 3.93. The molecule has 0 aromatic rings. The van der Waals surface area contributed by atoms with Gasteiger partial charge in [-0.3, -0.25) is 4.79 Å². The Bertz CT molecular complexity index is 176. The number of aliphatic carboxylic acids is 1. The summed E-state index contributed by atoms with van der Waals surface area (Å²) in [6.07, 6.45) is 4.12. The van der Waals surface area contributed by atoms with Crippen molar-refractivity contribution in [3.05, 3.63) is 0 Å². The maximum absolute atomic E-state index is 10.8. The predicted molar refractivity (Wildman–Crippen MR) is 61.6 cm³/mol. The summed E-state index contributed by atoms with van der Waals surface area (Å²) in [5, 5.41) is 8.93. The quantitative estimate of drug-likeness (QED) is 0.808. The third-order valence-corrected chi connectivity index (χ3v) is 2.71. The molecule has 0 spiro atoms. The van der Waals surface area contributed by atoms with Gasteiger partial charge in [-0.05, 0) is 26.9 Å². The van der Waals surface area contributed by atoms with E-state index in [2.05, 4.69) is 0 Å². The fraction of sp³-hybridized carbons (Fsp3) is 0.889. The highest BCUT2D eigenvalue weighted by Crippen LogP contribution is 2.27. The van der Waals surface area contributed by atoms with Crippen LogP contribution in [0, 0.1) is 5.92 Å². The Morgan fingerprint density at radius 3 is 2.07 bits per heavy atom. The van der Waals surface area contributed by atoms with Gasteiger partial charge in [0.05, 0.1) is 5.92 Å². The predicted octanol–water partition coefficient (Wildman–Crippen LogP) is 2.04. The van der Waals surface area contributed by atoms with Crippen molar-refractivity contribution in [2.24, 2.45) is 5.92 Å². The molecule has 2 unspecified atom stereocenters. The van der Waals surface area contributed by atoms with Crippen molar-refractivity contribution in [3.63, 3.8) is 0 Å². The van der Waals surface area contributed by atoms with Crippen molar-refractivity contribution in [2.75, 3.05) is 14.1 Å². The molecule has 5 heteroatoms. The van der Waals surface area contributed by atoms with Gasteiger partial charge in [-0.1, -0.05) is 12.8 Å². The van der Waals surface area contributed by atoms with E-state index in [4.69, 9.17) is 5.11 Å². The van der Waals surface area contributed by atoms with Crippen LogP contribution in [0.3, 0.4) is 0 Å². The summed E-state index contributed by atoms with van der Waals surface area (Å²) < 4.78 is 0. The lowest BCUT2D eigenvalue weighted by Gasteiger charge is -2.33. The minimum Gasteiger partial charge on any atom is -0.481 e. The maximum Gasteiger partial charge on any atom is 0.308 e. The van der Waals surface area contributed by atoms with Crippen LogP contribution in [0.25, 0.3) is 0 Å². The summed E-state index contributed by atoms with van der Waals surface area (Å²) in [5.74, 6) is -0.776. The summed E-state index contributed by atoms with van der Waals surface area (Å²) >= 11 is 0. The highest BCUT2D eigenvalue weighted by Gasteiger charge is 2.31. The SMILES string of the molecule is CN(C)C1CCCCC1C(=O)O.Cl.Cl. The van der Waals surface area contributed by atoms with Gasteiger partial charge in [-0.25, -0.2) is 0 Å². The molecule has 1 rings (SSSR count). The molecule has 0 amide bonds. The van der Waals surface area contributed by atoms with E-state index in [0.717, 1.165) is 19.3 Å². The number of rotatable bonds is 2. The average Bonchev–Trinajstić information content (AvgIpc) is 2.04. The smallest absolute Gasteiger partial charge is 0.308 e. The van der Waals surface area contributed by atoms with Crippen LogP contribution < -0.4 is 0 Å². The molecule has 0 aromatic heterocycles. The Labute approximate surface area is 97.7 Å². The van der Waals surface area contributed by atoms with Gasteiger partial charge in [0.2, 0.25) is 0 Å². The van der Waals surface area contributed by atoms with Crippen molar-refractivity contribution in [1.82, 2.24) is 4.90 Å². The monoisotopic (exact) mass is 243 g/mol. The van der Waals surface area contributed by atoms with E-state index in [1.54, 1.807) is 0 Å². The highest BCUT2D eigenvalue weighted by molar-refractivity contribution is 5.85. The van der Waals surface area contributed by atoms with Crippen LogP contribution in [-0.2, 0) is 4.79 Å². The molecule has 0 aromatic carbocycles. The molecule has 1 aliphatic carbocycles. The summed E-state index contributed by atoms with van der Waals surface area (Å²) in [6, 6.07) is 0.247. The molecular formula is C9H19Cl2NO2. The number of nitrogens with zero attached hydrogens (tertiary/aromatic N) is 1. The first-order valence-corrected chi connectivity index (χ1v) is 4.52. The van der Waals surface area contributed by atoms with Crippen LogP contribution in [0.5, 0.6) is 0 Å². The van der Waals surface area contributed by atoms with Crippen molar-refractivity contribution >= 4 is 30.8 Å². The Kier molecular flexibility index (Phi) is 8.60. The highest BCUT2D eigenvalue weighted by atomic mass is 35.5. The van der Waals surface area contributed by atoms with Crippen LogP contribution >= 0.6 is 24.8 Å². The zero-order valence-corrected chi connectivity index (χ0v) is 10.2. The normalized spacial score (nSPS) is 26.2. The zero-order valence-electron chi connectivity index (χ0n) is 8.60. The third-order valence-electron chi connectivity index (χ3n) is 2.71. The van der Waals surface area contributed by atoms with Crippen LogP contribution in [0.4, 0.5) is 0 Å². The first kappa shape index (κ1) is 16.4. The van der Waals surface area contributed by atoms with Crippen LogP contribution in [0.15, 0.2) is 0 Å². The second kappa shape index (κ2) is 7.32. The molecule has 1 saturated carbocycles. The van der Waals surface area contributed by atoms with E-state index < -0.39 is 5.97 Å². The molecule has 14 heavy (non-hydrogen) atoms. The van der Waals surface area contributed by atoms with E-state index in [1.165, 1.54) is 6.42 Å². The lowest BCUT2D eigenvalue weighted by Crippen LogP contribution is -2.41. The molecule has 0 radical (unpaired) electrons. The number of halogens is 2. The Hall–Kier alpha value is 0.01000. The van der Waals surface area contributed by atoms with Crippen molar-refractivity contribution in [2.45, 2.75) is 31.7 Å². The largest absolute Gasteiger partial charge is 0.481 e.